The summed E-state index contributed by atoms with van der Waals surface area (Å²) in [5, 5.41) is 3.09. The molecule has 9 heteroatoms. The average Bonchev–Trinajstić information content (AvgIpc) is 3.49. The van der Waals surface area contributed by atoms with Crippen LogP contribution in [-0.4, -0.2) is 57.4 Å². The minimum absolute atomic E-state index is 0.0709. The third kappa shape index (κ3) is 7.67. The fraction of sp³-hybridized carbons (Fsp3) is 0.375. The number of carbonyl (C=O) groups excluding carboxylic acids is 2. The molecule has 3 aromatic carbocycles. The van der Waals surface area contributed by atoms with Crippen LogP contribution in [0.15, 0.2) is 83.8 Å². The molecule has 0 spiro atoms. The number of hydrogen-bond donors (Lipinski definition) is 1. The van der Waals surface area contributed by atoms with Gasteiger partial charge in [-0.3, -0.25) is 13.9 Å². The molecule has 3 aromatic rings. The lowest BCUT2D eigenvalue weighted by Gasteiger charge is -2.32. The number of benzene rings is 3. The average molecular weight is 578 g/mol. The zero-order valence-electron chi connectivity index (χ0n) is 24.0. The Bertz CT molecular complexity index is 1420. The molecule has 1 saturated carbocycles. The van der Waals surface area contributed by atoms with Crippen LogP contribution in [0.5, 0.6) is 5.75 Å². The second kappa shape index (κ2) is 13.7. The zero-order valence-corrected chi connectivity index (χ0v) is 24.8. The normalized spacial score (nSPS) is 14.3. The van der Waals surface area contributed by atoms with Crippen molar-refractivity contribution in [2.24, 2.45) is 0 Å². The van der Waals surface area contributed by atoms with Crippen LogP contribution >= 0.6 is 0 Å². The molecule has 1 atom stereocenters. The zero-order chi connectivity index (χ0) is 29.4. The van der Waals surface area contributed by atoms with Gasteiger partial charge in [-0.25, -0.2) is 8.42 Å². The number of amides is 2. The second-order valence-corrected chi connectivity index (χ2v) is 12.4. The Balaban J connectivity index is 1.66. The first-order valence-corrected chi connectivity index (χ1v) is 15.5. The molecule has 2 amide bonds. The fourth-order valence-electron chi connectivity index (χ4n) is 5.09. The summed E-state index contributed by atoms with van der Waals surface area (Å²) in [6, 6.07) is 22.2. The van der Waals surface area contributed by atoms with Gasteiger partial charge in [0.2, 0.25) is 11.8 Å². The number of sulfonamides is 1. The van der Waals surface area contributed by atoms with Crippen LogP contribution in [0.25, 0.3) is 0 Å². The van der Waals surface area contributed by atoms with E-state index >= 15 is 0 Å². The van der Waals surface area contributed by atoms with Crippen LogP contribution in [0, 0.1) is 6.92 Å². The molecule has 0 heterocycles. The third-order valence-corrected chi connectivity index (χ3v) is 9.37. The Morgan fingerprint density at radius 3 is 2.32 bits per heavy atom. The van der Waals surface area contributed by atoms with Crippen LogP contribution in [0.2, 0.25) is 0 Å². The summed E-state index contributed by atoms with van der Waals surface area (Å²) in [6.07, 6.45) is 4.52. The Kier molecular flexibility index (Phi) is 10.0. The Morgan fingerprint density at radius 1 is 0.976 bits per heavy atom. The van der Waals surface area contributed by atoms with Gasteiger partial charge in [0.15, 0.2) is 0 Å². The van der Waals surface area contributed by atoms with Gasteiger partial charge in [0, 0.05) is 18.7 Å². The molecule has 0 aliphatic heterocycles. The molecule has 41 heavy (non-hydrogen) atoms. The van der Waals surface area contributed by atoms with Crippen molar-refractivity contribution >= 4 is 27.5 Å². The Labute approximate surface area is 243 Å². The fourth-order valence-corrected chi connectivity index (χ4v) is 6.50. The van der Waals surface area contributed by atoms with Gasteiger partial charge in [-0.2, -0.15) is 0 Å². The van der Waals surface area contributed by atoms with E-state index in [2.05, 4.69) is 5.32 Å². The highest BCUT2D eigenvalue weighted by atomic mass is 32.2. The van der Waals surface area contributed by atoms with Gasteiger partial charge in [0.05, 0.1) is 17.7 Å². The van der Waals surface area contributed by atoms with Crippen LogP contribution < -0.4 is 14.4 Å². The standard InChI is InChI=1S/C32H39N3O5S/c1-24-16-18-30(19-17-24)41(38,39)35(28-14-9-15-29(22-28)40-3)23-31(36)34(21-20-26-10-5-4-6-11-26)25(2)32(37)33-27-12-7-8-13-27/h4-6,9-11,14-19,22,25,27H,7-8,12-13,20-21,23H2,1-3H3,(H,33,37)/t25-/m1/s1. The molecule has 1 aliphatic carbocycles. The molecule has 1 aliphatic rings. The molecule has 1 N–H and O–H groups in total. The Hall–Kier alpha value is -3.85. The largest absolute Gasteiger partial charge is 0.497 e. The maximum Gasteiger partial charge on any atom is 0.264 e. The van der Waals surface area contributed by atoms with Gasteiger partial charge < -0.3 is 15.0 Å². The third-order valence-electron chi connectivity index (χ3n) is 7.58. The molecular weight excluding hydrogens is 538 g/mol. The van der Waals surface area contributed by atoms with Gasteiger partial charge >= 0.3 is 0 Å². The van der Waals surface area contributed by atoms with Crippen molar-refractivity contribution in [2.75, 3.05) is 24.5 Å². The molecule has 218 valence electrons. The second-order valence-electron chi connectivity index (χ2n) is 10.5. The molecule has 0 aromatic heterocycles. The highest BCUT2D eigenvalue weighted by Gasteiger charge is 2.33. The van der Waals surface area contributed by atoms with E-state index in [0.717, 1.165) is 41.1 Å². The smallest absolute Gasteiger partial charge is 0.264 e. The molecular formula is C32H39N3O5S. The van der Waals surface area contributed by atoms with Crippen molar-refractivity contribution < 1.29 is 22.7 Å². The number of methoxy groups -OCH3 is 1. The lowest BCUT2D eigenvalue weighted by Crippen LogP contribution is -2.53. The van der Waals surface area contributed by atoms with Crippen molar-refractivity contribution in [3.05, 3.63) is 90.0 Å². The minimum Gasteiger partial charge on any atom is -0.497 e. The summed E-state index contributed by atoms with van der Waals surface area (Å²) in [7, 11) is -2.63. The van der Waals surface area contributed by atoms with E-state index in [1.54, 1.807) is 43.3 Å². The number of hydrogen-bond acceptors (Lipinski definition) is 5. The number of aryl methyl sites for hydroxylation is 1. The maximum atomic E-state index is 14.0. The number of nitrogens with zero attached hydrogens (tertiary/aromatic N) is 2. The summed E-state index contributed by atoms with van der Waals surface area (Å²) in [6.45, 7) is 3.37. The van der Waals surface area contributed by atoms with Crippen LogP contribution in [0.3, 0.4) is 0 Å². The predicted molar refractivity (Wildman–Crippen MR) is 160 cm³/mol. The summed E-state index contributed by atoms with van der Waals surface area (Å²) in [5.41, 5.74) is 2.23. The van der Waals surface area contributed by atoms with Crippen molar-refractivity contribution in [1.29, 1.82) is 0 Å². The summed E-state index contributed by atoms with van der Waals surface area (Å²) >= 11 is 0. The number of carbonyl (C=O) groups is 2. The van der Waals surface area contributed by atoms with E-state index in [1.165, 1.54) is 24.1 Å². The van der Waals surface area contributed by atoms with E-state index < -0.39 is 28.5 Å². The first-order valence-electron chi connectivity index (χ1n) is 14.1. The van der Waals surface area contributed by atoms with Crippen molar-refractivity contribution in [1.82, 2.24) is 10.2 Å². The molecule has 1 fully saturated rings. The first kappa shape index (κ1) is 30.1. The minimum atomic E-state index is -4.13. The van der Waals surface area contributed by atoms with Gasteiger partial charge in [0.25, 0.3) is 10.0 Å². The number of anilines is 1. The van der Waals surface area contributed by atoms with Crippen molar-refractivity contribution in [3.8, 4) is 5.75 Å². The van der Waals surface area contributed by atoms with Gasteiger partial charge in [-0.05, 0) is 62.9 Å². The highest BCUT2D eigenvalue weighted by molar-refractivity contribution is 7.92. The van der Waals surface area contributed by atoms with E-state index in [-0.39, 0.29) is 23.4 Å². The summed E-state index contributed by atoms with van der Waals surface area (Å²) in [4.78, 5) is 28.9. The van der Waals surface area contributed by atoms with Gasteiger partial charge in [-0.15, -0.1) is 0 Å². The lowest BCUT2D eigenvalue weighted by molar-refractivity contribution is -0.139. The van der Waals surface area contributed by atoms with Crippen LogP contribution in [0.1, 0.15) is 43.7 Å². The topological polar surface area (TPSA) is 96.0 Å². The van der Waals surface area contributed by atoms with Crippen LogP contribution in [0.4, 0.5) is 5.69 Å². The number of nitrogens with one attached hydrogen (secondary N) is 1. The highest BCUT2D eigenvalue weighted by Crippen LogP contribution is 2.28. The summed E-state index contributed by atoms with van der Waals surface area (Å²) < 4.78 is 34.3. The Morgan fingerprint density at radius 2 is 1.66 bits per heavy atom. The molecule has 0 saturated heterocycles. The van der Waals surface area contributed by atoms with Crippen LogP contribution in [-0.2, 0) is 26.0 Å². The SMILES string of the molecule is COc1cccc(N(CC(=O)N(CCc2ccccc2)[C@H](C)C(=O)NC2CCCC2)S(=O)(=O)c2ccc(C)cc2)c1. The van der Waals surface area contributed by atoms with Crippen molar-refractivity contribution in [2.45, 2.75) is 62.9 Å². The van der Waals surface area contributed by atoms with E-state index in [4.69, 9.17) is 4.74 Å². The van der Waals surface area contributed by atoms with Gasteiger partial charge in [-0.1, -0.05) is 66.9 Å². The van der Waals surface area contributed by atoms with E-state index in [1.807, 2.05) is 37.3 Å². The first-order chi connectivity index (χ1) is 19.7. The molecule has 0 unspecified atom stereocenters. The summed E-state index contributed by atoms with van der Waals surface area (Å²) in [5.74, 6) is -0.231. The van der Waals surface area contributed by atoms with Crippen molar-refractivity contribution in [3.63, 3.8) is 0 Å². The monoisotopic (exact) mass is 577 g/mol. The molecule has 4 rings (SSSR count). The number of ether oxygens (including phenoxy) is 1. The predicted octanol–water partition coefficient (Wildman–Crippen LogP) is 4.72. The quantitative estimate of drug-likeness (QED) is 0.336. The van der Waals surface area contributed by atoms with E-state index in [0.29, 0.717) is 17.9 Å². The van der Waals surface area contributed by atoms with Gasteiger partial charge in [0.1, 0.15) is 18.3 Å². The molecule has 0 radical (unpaired) electrons. The lowest BCUT2D eigenvalue weighted by atomic mass is 10.1. The van der Waals surface area contributed by atoms with E-state index in [9.17, 15) is 18.0 Å². The molecule has 0 bridgehead atoms. The molecule has 8 nitrogen and oxygen atoms in total. The number of rotatable bonds is 12. The maximum absolute atomic E-state index is 14.0.